The van der Waals surface area contributed by atoms with E-state index in [1.54, 1.807) is 17.0 Å². The second-order valence-corrected chi connectivity index (χ2v) is 14.8. The van der Waals surface area contributed by atoms with Crippen molar-refractivity contribution in [1.82, 2.24) is 20.2 Å². The van der Waals surface area contributed by atoms with Crippen molar-refractivity contribution in [3.05, 3.63) is 149 Å². The standard InChI is InChI=1S/C45H43FN6O3/c46-31-16-20-33(21-17-31)51(27-30-15-22-39-41(25-30)50-43(49-39)40-11-5-23-47-40)26-29-13-18-32(19-14-29)48-44(53)42-12-6-24-52(42)45(54)55-28-38-36-9-3-1-7-34(36)35-8-2-4-10-37(35)38/h1-4,7-10,13-22,25,38,40,42,47H,5-6,11-12,23-24,26-28H2,(H,48,53)(H,49,50). The van der Waals surface area contributed by atoms with Crippen molar-refractivity contribution < 1.29 is 18.7 Å². The first-order chi connectivity index (χ1) is 27.0. The minimum absolute atomic E-state index is 0.0455. The Morgan fingerprint density at radius 1 is 0.836 bits per heavy atom. The van der Waals surface area contributed by atoms with Crippen LogP contribution in [-0.2, 0) is 22.6 Å². The van der Waals surface area contributed by atoms with Crippen LogP contribution in [0.25, 0.3) is 22.2 Å². The number of ether oxygens (including phenoxy) is 1. The summed E-state index contributed by atoms with van der Waals surface area (Å²) in [6, 6.07) is 36.8. The molecule has 3 N–H and O–H groups in total. The third kappa shape index (κ3) is 7.17. The third-order valence-corrected chi connectivity index (χ3v) is 11.2. The van der Waals surface area contributed by atoms with Crippen molar-refractivity contribution in [2.75, 3.05) is 29.9 Å². The molecule has 1 aliphatic carbocycles. The summed E-state index contributed by atoms with van der Waals surface area (Å²) in [5.41, 5.74) is 10.3. The SMILES string of the molecule is O=C(Nc1ccc(CN(Cc2ccc3[nH]c(C4CCCN4)nc3c2)c2ccc(F)cc2)cc1)C1CCCN1C(=O)OCC1c2ccccc2-c2ccccc21. The number of halogens is 1. The largest absolute Gasteiger partial charge is 0.448 e. The number of benzene rings is 5. The van der Waals surface area contributed by atoms with Gasteiger partial charge < -0.3 is 25.3 Å². The molecule has 0 bridgehead atoms. The molecule has 55 heavy (non-hydrogen) atoms. The molecule has 2 unspecified atom stereocenters. The minimum atomic E-state index is -0.610. The van der Waals surface area contributed by atoms with E-state index >= 15 is 0 Å². The molecule has 1 aromatic heterocycles. The zero-order valence-electron chi connectivity index (χ0n) is 30.5. The van der Waals surface area contributed by atoms with Gasteiger partial charge in [0, 0.05) is 36.9 Å². The molecule has 278 valence electrons. The summed E-state index contributed by atoms with van der Waals surface area (Å²) in [4.78, 5) is 39.1. The van der Waals surface area contributed by atoms with Gasteiger partial charge >= 0.3 is 6.09 Å². The van der Waals surface area contributed by atoms with Crippen molar-refractivity contribution in [1.29, 1.82) is 0 Å². The van der Waals surface area contributed by atoms with Gasteiger partial charge in [-0.2, -0.15) is 0 Å². The van der Waals surface area contributed by atoms with E-state index in [-0.39, 0.29) is 30.3 Å². The number of rotatable bonds is 10. The van der Waals surface area contributed by atoms with E-state index in [0.717, 1.165) is 70.6 Å². The number of hydrogen-bond acceptors (Lipinski definition) is 6. The highest BCUT2D eigenvalue weighted by Crippen LogP contribution is 2.44. The number of fused-ring (bicyclic) bond motifs is 4. The van der Waals surface area contributed by atoms with E-state index in [1.807, 2.05) is 48.5 Å². The molecule has 2 atom stereocenters. The Bertz CT molecular complexity index is 2290. The highest BCUT2D eigenvalue weighted by Gasteiger charge is 2.36. The zero-order valence-corrected chi connectivity index (χ0v) is 30.5. The van der Waals surface area contributed by atoms with E-state index in [0.29, 0.717) is 31.7 Å². The first-order valence-electron chi connectivity index (χ1n) is 19.2. The minimum Gasteiger partial charge on any atom is -0.448 e. The number of hydrogen-bond donors (Lipinski definition) is 3. The van der Waals surface area contributed by atoms with E-state index in [2.05, 4.69) is 63.0 Å². The van der Waals surface area contributed by atoms with Gasteiger partial charge in [0.2, 0.25) is 5.91 Å². The van der Waals surface area contributed by atoms with Crippen molar-refractivity contribution in [2.24, 2.45) is 0 Å². The Labute approximate surface area is 319 Å². The number of nitrogens with zero attached hydrogens (tertiary/aromatic N) is 3. The van der Waals surface area contributed by atoms with E-state index in [4.69, 9.17) is 9.72 Å². The highest BCUT2D eigenvalue weighted by molar-refractivity contribution is 5.97. The quantitative estimate of drug-likeness (QED) is 0.130. The van der Waals surface area contributed by atoms with Crippen LogP contribution in [0, 0.1) is 5.82 Å². The van der Waals surface area contributed by atoms with Gasteiger partial charge in [-0.05, 0) is 114 Å². The molecule has 9 rings (SSSR count). The maximum Gasteiger partial charge on any atom is 0.410 e. The summed E-state index contributed by atoms with van der Waals surface area (Å²) < 4.78 is 19.8. The average molecular weight is 735 g/mol. The monoisotopic (exact) mass is 734 g/mol. The van der Waals surface area contributed by atoms with Crippen molar-refractivity contribution in [3.63, 3.8) is 0 Å². The Hall–Kier alpha value is -6.00. The molecule has 0 radical (unpaired) electrons. The molecule has 5 aromatic carbocycles. The number of imidazole rings is 1. The molecule has 3 aliphatic rings. The van der Waals surface area contributed by atoms with Crippen molar-refractivity contribution in [3.8, 4) is 11.1 Å². The maximum absolute atomic E-state index is 13.9. The van der Waals surface area contributed by atoms with Gasteiger partial charge in [0.15, 0.2) is 0 Å². The average Bonchev–Trinajstić information content (AvgIpc) is 4.04. The number of anilines is 2. The van der Waals surface area contributed by atoms with E-state index in [1.165, 1.54) is 23.3 Å². The van der Waals surface area contributed by atoms with Gasteiger partial charge in [0.05, 0.1) is 17.1 Å². The van der Waals surface area contributed by atoms with E-state index in [9.17, 15) is 14.0 Å². The van der Waals surface area contributed by atoms with Gasteiger partial charge in [0.25, 0.3) is 0 Å². The number of carbonyl (C=O) groups excluding carboxylic acids is 2. The number of aromatic amines is 1. The molecule has 10 heteroatoms. The van der Waals surface area contributed by atoms with Gasteiger partial charge in [-0.25, -0.2) is 14.2 Å². The fraction of sp³-hybridized carbons (Fsp3) is 0.267. The third-order valence-electron chi connectivity index (χ3n) is 11.2. The number of nitrogens with one attached hydrogen (secondary N) is 3. The summed E-state index contributed by atoms with van der Waals surface area (Å²) in [5.74, 6) is 0.419. The number of amides is 2. The van der Waals surface area contributed by atoms with Crippen LogP contribution in [0.3, 0.4) is 0 Å². The van der Waals surface area contributed by atoms with Crippen LogP contribution in [0.5, 0.6) is 0 Å². The smallest absolute Gasteiger partial charge is 0.410 e. The summed E-state index contributed by atoms with van der Waals surface area (Å²) in [6.07, 6.45) is 3.06. The van der Waals surface area contributed by atoms with Crippen LogP contribution in [0.4, 0.5) is 20.6 Å². The summed E-state index contributed by atoms with van der Waals surface area (Å²) in [6.45, 7) is 2.85. The number of likely N-dealkylation sites (tertiary alicyclic amines) is 1. The van der Waals surface area contributed by atoms with Crippen LogP contribution in [0.2, 0.25) is 0 Å². The molecule has 0 saturated carbocycles. The second-order valence-electron chi connectivity index (χ2n) is 14.8. The molecule has 6 aromatic rings. The highest BCUT2D eigenvalue weighted by atomic mass is 19.1. The molecule has 2 fully saturated rings. The van der Waals surface area contributed by atoms with Gasteiger partial charge in [0.1, 0.15) is 24.3 Å². The Morgan fingerprint density at radius 2 is 1.55 bits per heavy atom. The summed E-state index contributed by atoms with van der Waals surface area (Å²) in [5, 5.41) is 6.54. The van der Waals surface area contributed by atoms with Gasteiger partial charge in [-0.1, -0.05) is 66.7 Å². The van der Waals surface area contributed by atoms with Gasteiger partial charge in [-0.3, -0.25) is 9.69 Å². The zero-order chi connectivity index (χ0) is 37.3. The summed E-state index contributed by atoms with van der Waals surface area (Å²) >= 11 is 0. The molecule has 2 aliphatic heterocycles. The number of H-pyrrole nitrogens is 1. The van der Waals surface area contributed by atoms with Crippen molar-refractivity contribution in [2.45, 2.75) is 56.8 Å². The lowest BCUT2D eigenvalue weighted by atomic mass is 9.98. The Kier molecular flexibility index (Phi) is 9.49. The molecule has 0 spiro atoms. The van der Waals surface area contributed by atoms with Crippen LogP contribution in [-0.4, -0.2) is 52.6 Å². The first-order valence-corrected chi connectivity index (χ1v) is 19.2. The van der Waals surface area contributed by atoms with Crippen LogP contribution < -0.4 is 15.5 Å². The normalized spacial score (nSPS) is 17.7. The van der Waals surface area contributed by atoms with Crippen LogP contribution >= 0.6 is 0 Å². The number of carbonyl (C=O) groups is 2. The Balaban J connectivity index is 0.846. The molecule has 9 nitrogen and oxygen atoms in total. The second kappa shape index (κ2) is 15.0. The molecule has 2 amide bonds. The van der Waals surface area contributed by atoms with E-state index < -0.39 is 12.1 Å². The topological polar surface area (TPSA) is 103 Å². The Morgan fingerprint density at radius 3 is 2.27 bits per heavy atom. The van der Waals surface area contributed by atoms with Crippen LogP contribution in [0.1, 0.15) is 65.7 Å². The first kappa shape index (κ1) is 34.7. The lowest BCUT2D eigenvalue weighted by Gasteiger charge is -2.26. The van der Waals surface area contributed by atoms with Crippen LogP contribution in [0.15, 0.2) is 115 Å². The predicted molar refractivity (Wildman–Crippen MR) is 212 cm³/mol. The summed E-state index contributed by atoms with van der Waals surface area (Å²) in [7, 11) is 0. The predicted octanol–water partition coefficient (Wildman–Crippen LogP) is 8.69. The number of aromatic nitrogens is 2. The lowest BCUT2D eigenvalue weighted by molar-refractivity contribution is -0.120. The molecular weight excluding hydrogens is 692 g/mol. The molecular formula is C45H43FN6O3. The van der Waals surface area contributed by atoms with Crippen molar-refractivity contribution >= 4 is 34.4 Å². The molecule has 2 saturated heterocycles. The fourth-order valence-electron chi connectivity index (χ4n) is 8.44. The van der Waals surface area contributed by atoms with Gasteiger partial charge in [-0.15, -0.1) is 0 Å². The molecule has 3 heterocycles. The lowest BCUT2D eigenvalue weighted by Crippen LogP contribution is -2.43. The maximum atomic E-state index is 13.9. The fourth-order valence-corrected chi connectivity index (χ4v) is 8.44.